The van der Waals surface area contributed by atoms with E-state index in [1.54, 1.807) is 12.2 Å². The van der Waals surface area contributed by atoms with Gasteiger partial charge in [-0.05, 0) is 38.2 Å². The van der Waals surface area contributed by atoms with Crippen LogP contribution in [0.25, 0.3) is 0 Å². The van der Waals surface area contributed by atoms with Gasteiger partial charge in [0, 0.05) is 11.4 Å². The van der Waals surface area contributed by atoms with E-state index in [1.165, 1.54) is 0 Å². The van der Waals surface area contributed by atoms with Crippen molar-refractivity contribution in [3.63, 3.8) is 0 Å². The van der Waals surface area contributed by atoms with Crippen LogP contribution in [0.2, 0.25) is 0 Å². The molecule has 0 radical (unpaired) electrons. The molecule has 0 saturated heterocycles. The van der Waals surface area contributed by atoms with E-state index in [0.717, 1.165) is 11.4 Å². The van der Waals surface area contributed by atoms with Crippen LogP contribution in [-0.2, 0) is 0 Å². The number of nitrogens with one attached hydrogen (secondary N) is 1. The fraction of sp³-hybridized carbons (Fsp3) is 0.333. The molecule has 0 aliphatic rings. The molecule has 1 nitrogen and oxygen atoms in total. The van der Waals surface area contributed by atoms with Crippen LogP contribution in [0.5, 0.6) is 0 Å². The van der Waals surface area contributed by atoms with Crippen molar-refractivity contribution in [3.05, 3.63) is 73.2 Å². The van der Waals surface area contributed by atoms with Crippen molar-refractivity contribution in [2.24, 2.45) is 0 Å². The van der Waals surface area contributed by atoms with Gasteiger partial charge in [-0.3, -0.25) is 0 Å². The molecule has 19 heavy (non-hydrogen) atoms. The first-order valence-corrected chi connectivity index (χ1v) is 6.96. The molecule has 0 aliphatic heterocycles. The number of rotatable bonds is 6. The summed E-state index contributed by atoms with van der Waals surface area (Å²) < 4.78 is 0. The minimum Gasteiger partial charge on any atom is -0.356 e. The Morgan fingerprint density at radius 1 is 0.737 bits per heavy atom. The second kappa shape index (κ2) is 21.5. The Hall–Kier alpha value is -1.76. The van der Waals surface area contributed by atoms with Gasteiger partial charge in [0.2, 0.25) is 0 Å². The van der Waals surface area contributed by atoms with Crippen molar-refractivity contribution < 1.29 is 0 Å². The first-order valence-electron chi connectivity index (χ1n) is 6.96. The van der Waals surface area contributed by atoms with Gasteiger partial charge in [0.05, 0.1) is 0 Å². The summed E-state index contributed by atoms with van der Waals surface area (Å²) in [5.41, 5.74) is 1.90. The van der Waals surface area contributed by atoms with Crippen LogP contribution in [0.15, 0.2) is 73.2 Å². The average molecular weight is 261 g/mol. The molecule has 0 aromatic rings. The van der Waals surface area contributed by atoms with E-state index in [-0.39, 0.29) is 0 Å². The minimum atomic E-state index is 0.948. The summed E-state index contributed by atoms with van der Waals surface area (Å²) >= 11 is 0. The zero-order chi connectivity index (χ0) is 15.5. The Morgan fingerprint density at radius 2 is 1.05 bits per heavy atom. The summed E-state index contributed by atoms with van der Waals surface area (Å²) in [6.07, 6.45) is 15.3. The summed E-state index contributed by atoms with van der Waals surface area (Å²) in [7, 11) is 0. The molecule has 0 aromatic heterocycles. The van der Waals surface area contributed by atoms with Gasteiger partial charge in [0.25, 0.3) is 0 Å². The van der Waals surface area contributed by atoms with Crippen LogP contribution >= 0.6 is 0 Å². The third-order valence-electron chi connectivity index (χ3n) is 1.66. The lowest BCUT2D eigenvalue weighted by Gasteiger charge is -2.06. The Labute approximate surface area is 120 Å². The molecule has 0 fully saturated rings. The zero-order valence-electron chi connectivity index (χ0n) is 13.5. The lowest BCUT2D eigenvalue weighted by atomic mass is 10.3. The van der Waals surface area contributed by atoms with E-state index in [0.29, 0.717) is 0 Å². The second-order valence-electron chi connectivity index (χ2n) is 2.83. The summed E-state index contributed by atoms with van der Waals surface area (Å²) in [6, 6.07) is 0. The Balaban J connectivity index is -0.000000579. The summed E-state index contributed by atoms with van der Waals surface area (Å²) in [5, 5.41) is 3.21. The van der Waals surface area contributed by atoms with Gasteiger partial charge in [-0.25, -0.2) is 0 Å². The first kappa shape index (κ1) is 22.4. The molecule has 0 unspecified atom stereocenters. The lowest BCUT2D eigenvalue weighted by molar-refractivity contribution is 1.05. The molecule has 0 rings (SSSR count). The molecule has 0 heterocycles. The number of hydrogen-bond acceptors (Lipinski definition) is 1. The van der Waals surface area contributed by atoms with Gasteiger partial charge in [0.15, 0.2) is 0 Å². The van der Waals surface area contributed by atoms with E-state index in [4.69, 9.17) is 0 Å². The van der Waals surface area contributed by atoms with Crippen LogP contribution < -0.4 is 5.32 Å². The highest BCUT2D eigenvalue weighted by Gasteiger charge is 1.90. The van der Waals surface area contributed by atoms with Gasteiger partial charge < -0.3 is 5.32 Å². The Bertz CT molecular complexity index is 283. The maximum Gasteiger partial charge on any atom is 0.0378 e. The molecule has 0 spiro atoms. The normalized spacial score (nSPS) is 11.3. The summed E-state index contributed by atoms with van der Waals surface area (Å²) in [5.74, 6) is 0. The largest absolute Gasteiger partial charge is 0.356 e. The van der Waals surface area contributed by atoms with Crippen LogP contribution in [-0.4, -0.2) is 0 Å². The van der Waals surface area contributed by atoms with E-state index >= 15 is 0 Å². The predicted octanol–water partition coefficient (Wildman–Crippen LogP) is 5.92. The van der Waals surface area contributed by atoms with Crippen molar-refractivity contribution in [1.82, 2.24) is 5.32 Å². The highest BCUT2D eigenvalue weighted by molar-refractivity contribution is 5.30. The van der Waals surface area contributed by atoms with Gasteiger partial charge in [-0.15, -0.1) is 0 Å². The Kier molecular flexibility index (Phi) is 25.4. The monoisotopic (exact) mass is 261 g/mol. The topological polar surface area (TPSA) is 12.0 Å². The molecule has 0 aromatic carbocycles. The minimum absolute atomic E-state index is 0.948. The third-order valence-corrected chi connectivity index (χ3v) is 1.66. The van der Waals surface area contributed by atoms with Crippen molar-refractivity contribution >= 4 is 0 Å². The quantitative estimate of drug-likeness (QED) is 0.585. The molecular weight excluding hydrogens is 230 g/mol. The van der Waals surface area contributed by atoms with E-state index in [9.17, 15) is 0 Å². The molecule has 0 atom stereocenters. The third kappa shape index (κ3) is 16.2. The fourth-order valence-corrected chi connectivity index (χ4v) is 0.888. The maximum atomic E-state index is 3.74. The van der Waals surface area contributed by atoms with E-state index in [2.05, 4.69) is 18.5 Å². The second-order valence-corrected chi connectivity index (χ2v) is 2.83. The zero-order valence-corrected chi connectivity index (χ0v) is 13.5. The fourth-order valence-electron chi connectivity index (χ4n) is 0.888. The molecule has 0 bridgehead atoms. The van der Waals surface area contributed by atoms with Crippen molar-refractivity contribution in [1.29, 1.82) is 0 Å². The van der Waals surface area contributed by atoms with Gasteiger partial charge in [0.1, 0.15) is 0 Å². The summed E-state index contributed by atoms with van der Waals surface area (Å²) in [4.78, 5) is 0. The average Bonchev–Trinajstić information content (AvgIpc) is 2.50. The van der Waals surface area contributed by atoms with Crippen LogP contribution in [0.4, 0.5) is 0 Å². The predicted molar refractivity (Wildman–Crippen MR) is 92.0 cm³/mol. The highest BCUT2D eigenvalue weighted by Crippen LogP contribution is 1.99. The van der Waals surface area contributed by atoms with Crippen molar-refractivity contribution in [3.8, 4) is 0 Å². The highest BCUT2D eigenvalue weighted by atomic mass is 14.9. The molecule has 0 amide bonds. The van der Waals surface area contributed by atoms with Gasteiger partial charge in [-0.1, -0.05) is 65.2 Å². The molecular formula is C18H31N. The number of allylic oxidation sites excluding steroid dienone is 8. The van der Waals surface area contributed by atoms with Crippen molar-refractivity contribution in [2.45, 2.75) is 41.5 Å². The van der Waals surface area contributed by atoms with E-state index in [1.807, 2.05) is 78.0 Å². The van der Waals surface area contributed by atoms with Crippen LogP contribution in [0, 0.1) is 0 Å². The SMILES string of the molecule is C=C/C(=C\C=C/C)N/C(C=C)=C/C=C\C.CC.CC. The van der Waals surface area contributed by atoms with Gasteiger partial charge >= 0.3 is 0 Å². The molecule has 1 N–H and O–H groups in total. The maximum absolute atomic E-state index is 3.74. The number of hydrogen-bond donors (Lipinski definition) is 1. The molecule has 108 valence electrons. The van der Waals surface area contributed by atoms with Crippen molar-refractivity contribution in [2.75, 3.05) is 0 Å². The molecule has 1 heteroatoms. The van der Waals surface area contributed by atoms with E-state index < -0.39 is 0 Å². The smallest absolute Gasteiger partial charge is 0.0378 e. The summed E-state index contributed by atoms with van der Waals surface area (Å²) in [6.45, 7) is 19.4. The van der Waals surface area contributed by atoms with Gasteiger partial charge in [-0.2, -0.15) is 0 Å². The van der Waals surface area contributed by atoms with Crippen LogP contribution in [0.1, 0.15) is 41.5 Å². The standard InChI is InChI=1S/C14H19N.2C2H6/c1-5-9-11-13(7-3)15-14(8-4)12-10-6-2;2*1-2/h5-12,15H,3-4H2,1-2H3;2*1-2H3/b9-5-,10-6-,13-11+,14-12+;;. The van der Waals surface area contributed by atoms with Crippen LogP contribution in [0.3, 0.4) is 0 Å². The molecule has 0 saturated carbocycles. The Morgan fingerprint density at radius 3 is 1.26 bits per heavy atom. The molecule has 0 aliphatic carbocycles. The first-order chi connectivity index (χ1) is 9.28. The lowest BCUT2D eigenvalue weighted by Crippen LogP contribution is -2.08.